The predicted octanol–water partition coefficient (Wildman–Crippen LogP) is 1.59. The SMILES string of the molecule is O=C(O)c1ccc(-c2nccc(-c3cc4n(n3)CCNC4=O)n2)c(F)c1. The second-order valence-electron chi connectivity index (χ2n) is 5.66. The molecule has 0 aliphatic carbocycles. The summed E-state index contributed by atoms with van der Waals surface area (Å²) >= 11 is 0. The van der Waals surface area contributed by atoms with E-state index in [0.717, 1.165) is 6.07 Å². The van der Waals surface area contributed by atoms with E-state index in [9.17, 15) is 14.0 Å². The minimum absolute atomic E-state index is 0.0820. The molecule has 3 aromatic rings. The molecule has 0 unspecified atom stereocenters. The van der Waals surface area contributed by atoms with Gasteiger partial charge in [-0.15, -0.1) is 0 Å². The van der Waals surface area contributed by atoms with Crippen LogP contribution in [0.2, 0.25) is 0 Å². The maximum Gasteiger partial charge on any atom is 0.335 e. The Labute approximate surface area is 146 Å². The topological polar surface area (TPSA) is 110 Å². The Morgan fingerprint density at radius 2 is 2.08 bits per heavy atom. The van der Waals surface area contributed by atoms with E-state index in [-0.39, 0.29) is 22.9 Å². The second-order valence-corrected chi connectivity index (χ2v) is 5.66. The zero-order valence-electron chi connectivity index (χ0n) is 13.3. The highest BCUT2D eigenvalue weighted by molar-refractivity contribution is 5.94. The van der Waals surface area contributed by atoms with Crippen LogP contribution in [-0.2, 0) is 6.54 Å². The van der Waals surface area contributed by atoms with Crippen LogP contribution in [0.5, 0.6) is 0 Å². The number of halogens is 1. The fourth-order valence-electron chi connectivity index (χ4n) is 2.72. The van der Waals surface area contributed by atoms with Gasteiger partial charge in [0.2, 0.25) is 0 Å². The van der Waals surface area contributed by atoms with Crippen LogP contribution < -0.4 is 5.32 Å². The molecular formula is C17H12FN5O3. The molecule has 0 radical (unpaired) electrons. The van der Waals surface area contributed by atoms with Gasteiger partial charge in [-0.25, -0.2) is 19.2 Å². The monoisotopic (exact) mass is 353 g/mol. The van der Waals surface area contributed by atoms with Gasteiger partial charge in [0.15, 0.2) is 5.82 Å². The van der Waals surface area contributed by atoms with Crippen molar-refractivity contribution in [1.82, 2.24) is 25.1 Å². The first kappa shape index (κ1) is 15.9. The highest BCUT2D eigenvalue weighted by Gasteiger charge is 2.21. The number of nitrogens with zero attached hydrogens (tertiary/aromatic N) is 4. The quantitative estimate of drug-likeness (QED) is 0.740. The average Bonchev–Trinajstić information content (AvgIpc) is 3.07. The summed E-state index contributed by atoms with van der Waals surface area (Å²) in [5.41, 5.74) is 1.27. The lowest BCUT2D eigenvalue weighted by Gasteiger charge is -2.13. The molecule has 0 saturated heterocycles. The van der Waals surface area contributed by atoms with Gasteiger partial charge in [0.25, 0.3) is 5.91 Å². The Balaban J connectivity index is 1.74. The zero-order valence-corrected chi connectivity index (χ0v) is 13.3. The van der Waals surface area contributed by atoms with E-state index in [1.54, 1.807) is 16.8 Å². The summed E-state index contributed by atoms with van der Waals surface area (Å²) in [6.07, 6.45) is 1.46. The molecule has 9 heteroatoms. The summed E-state index contributed by atoms with van der Waals surface area (Å²) in [6.45, 7) is 1.06. The van der Waals surface area contributed by atoms with Crippen LogP contribution in [0.15, 0.2) is 36.5 Å². The highest BCUT2D eigenvalue weighted by Crippen LogP contribution is 2.24. The van der Waals surface area contributed by atoms with E-state index in [0.29, 0.717) is 30.2 Å². The molecule has 26 heavy (non-hydrogen) atoms. The molecule has 0 saturated carbocycles. The molecule has 2 N–H and O–H groups in total. The fraction of sp³-hybridized carbons (Fsp3) is 0.118. The van der Waals surface area contributed by atoms with Gasteiger partial charge in [0.1, 0.15) is 17.2 Å². The van der Waals surface area contributed by atoms with Crippen LogP contribution in [0.1, 0.15) is 20.8 Å². The Morgan fingerprint density at radius 3 is 2.81 bits per heavy atom. The minimum Gasteiger partial charge on any atom is -0.478 e. The van der Waals surface area contributed by atoms with Crippen molar-refractivity contribution in [3.05, 3.63) is 53.6 Å². The first-order valence-electron chi connectivity index (χ1n) is 7.75. The molecule has 130 valence electrons. The molecule has 4 rings (SSSR count). The van der Waals surface area contributed by atoms with Gasteiger partial charge < -0.3 is 10.4 Å². The summed E-state index contributed by atoms with van der Waals surface area (Å²) < 4.78 is 15.8. The van der Waals surface area contributed by atoms with Gasteiger partial charge >= 0.3 is 5.97 Å². The molecule has 0 fully saturated rings. The molecule has 1 aliphatic rings. The number of fused-ring (bicyclic) bond motifs is 1. The lowest BCUT2D eigenvalue weighted by molar-refractivity contribution is 0.0696. The Morgan fingerprint density at radius 1 is 1.23 bits per heavy atom. The molecule has 1 aliphatic heterocycles. The highest BCUT2D eigenvalue weighted by atomic mass is 19.1. The minimum atomic E-state index is -1.22. The summed E-state index contributed by atoms with van der Waals surface area (Å²) in [5.74, 6) is -2.05. The number of amides is 1. The molecule has 8 nitrogen and oxygen atoms in total. The van der Waals surface area contributed by atoms with Crippen molar-refractivity contribution in [2.45, 2.75) is 6.54 Å². The van der Waals surface area contributed by atoms with E-state index in [1.165, 1.54) is 18.3 Å². The lowest BCUT2D eigenvalue weighted by atomic mass is 10.1. The number of benzene rings is 1. The van der Waals surface area contributed by atoms with Crippen molar-refractivity contribution in [1.29, 1.82) is 0 Å². The Hall–Kier alpha value is -3.62. The van der Waals surface area contributed by atoms with Gasteiger partial charge in [0.05, 0.1) is 23.4 Å². The predicted molar refractivity (Wildman–Crippen MR) is 87.9 cm³/mol. The number of hydrogen-bond acceptors (Lipinski definition) is 5. The number of nitrogens with one attached hydrogen (secondary N) is 1. The van der Waals surface area contributed by atoms with Crippen LogP contribution in [0.25, 0.3) is 22.8 Å². The lowest BCUT2D eigenvalue weighted by Crippen LogP contribution is -2.35. The van der Waals surface area contributed by atoms with Crippen molar-refractivity contribution >= 4 is 11.9 Å². The molecule has 0 spiro atoms. The largest absolute Gasteiger partial charge is 0.478 e. The summed E-state index contributed by atoms with van der Waals surface area (Å²) in [6, 6.07) is 6.76. The number of hydrogen-bond donors (Lipinski definition) is 2. The second kappa shape index (κ2) is 6.03. The molecule has 2 aromatic heterocycles. The smallest absolute Gasteiger partial charge is 0.335 e. The standard InChI is InChI=1S/C17H12FN5O3/c18-11-7-9(17(25)26)1-2-10(11)15-19-4-3-12(21-15)13-8-14-16(24)20-5-6-23(14)22-13/h1-4,7-8H,5-6H2,(H,20,24)(H,25,26). The number of rotatable bonds is 3. The van der Waals surface area contributed by atoms with E-state index in [1.807, 2.05) is 0 Å². The van der Waals surface area contributed by atoms with Crippen LogP contribution in [0, 0.1) is 5.82 Å². The van der Waals surface area contributed by atoms with Crippen LogP contribution in [0.4, 0.5) is 4.39 Å². The molecule has 1 amide bonds. The van der Waals surface area contributed by atoms with Crippen molar-refractivity contribution in [2.24, 2.45) is 0 Å². The van der Waals surface area contributed by atoms with Gasteiger partial charge in [-0.3, -0.25) is 9.48 Å². The maximum atomic E-state index is 14.3. The van der Waals surface area contributed by atoms with Crippen molar-refractivity contribution in [3.8, 4) is 22.8 Å². The van der Waals surface area contributed by atoms with Crippen LogP contribution in [-0.4, -0.2) is 43.3 Å². The van der Waals surface area contributed by atoms with Crippen molar-refractivity contribution in [3.63, 3.8) is 0 Å². The van der Waals surface area contributed by atoms with Crippen molar-refractivity contribution < 1.29 is 19.1 Å². The van der Waals surface area contributed by atoms with E-state index in [4.69, 9.17) is 5.11 Å². The van der Waals surface area contributed by atoms with E-state index < -0.39 is 11.8 Å². The first-order chi connectivity index (χ1) is 12.5. The molecular weight excluding hydrogens is 341 g/mol. The normalized spacial score (nSPS) is 13.2. The summed E-state index contributed by atoms with van der Waals surface area (Å²) in [7, 11) is 0. The van der Waals surface area contributed by atoms with Crippen LogP contribution in [0.3, 0.4) is 0 Å². The number of carbonyl (C=O) groups excluding carboxylic acids is 1. The van der Waals surface area contributed by atoms with Gasteiger partial charge in [-0.1, -0.05) is 0 Å². The Bertz CT molecular complexity index is 1050. The number of carbonyl (C=O) groups is 2. The molecule has 0 bridgehead atoms. The summed E-state index contributed by atoms with van der Waals surface area (Å²) in [5, 5.41) is 16.0. The zero-order chi connectivity index (χ0) is 18.3. The van der Waals surface area contributed by atoms with E-state index >= 15 is 0 Å². The third-order valence-corrected chi connectivity index (χ3v) is 4.00. The molecule has 0 atom stereocenters. The van der Waals surface area contributed by atoms with Gasteiger partial charge in [-0.2, -0.15) is 5.10 Å². The van der Waals surface area contributed by atoms with Gasteiger partial charge in [-0.05, 0) is 30.3 Å². The number of aromatic nitrogens is 4. The third kappa shape index (κ3) is 2.69. The van der Waals surface area contributed by atoms with Crippen molar-refractivity contribution in [2.75, 3.05) is 6.54 Å². The summed E-state index contributed by atoms with van der Waals surface area (Å²) in [4.78, 5) is 31.1. The first-order valence-corrected chi connectivity index (χ1v) is 7.75. The average molecular weight is 353 g/mol. The van der Waals surface area contributed by atoms with Crippen LogP contribution >= 0.6 is 0 Å². The number of carboxylic acids is 1. The Kier molecular flexibility index (Phi) is 3.68. The molecule has 1 aromatic carbocycles. The third-order valence-electron chi connectivity index (χ3n) is 4.00. The van der Waals surface area contributed by atoms with Gasteiger partial charge in [0, 0.05) is 12.7 Å². The maximum absolute atomic E-state index is 14.3. The number of carboxylic acid groups (broad SMARTS) is 1. The van der Waals surface area contributed by atoms with E-state index in [2.05, 4.69) is 20.4 Å². The molecule has 3 heterocycles. The number of aromatic carboxylic acids is 1. The fourth-order valence-corrected chi connectivity index (χ4v) is 2.72.